The van der Waals surface area contributed by atoms with Crippen LogP contribution in [0.1, 0.15) is 45.4 Å². The molecule has 0 saturated heterocycles. The molecule has 0 amide bonds. The summed E-state index contributed by atoms with van der Waals surface area (Å²) in [5.41, 5.74) is 0. The first-order valence-corrected chi connectivity index (χ1v) is 7.74. The van der Waals surface area contributed by atoms with Crippen LogP contribution in [0, 0.1) is 0 Å². The normalized spacial score (nSPS) is 10.4. The Balaban J connectivity index is 2.31. The molecule has 0 unspecified atom stereocenters. The molecule has 1 aromatic carbocycles. The van der Waals surface area contributed by atoms with E-state index in [1.54, 1.807) is 14.2 Å². The Morgan fingerprint density at radius 3 is 2.33 bits per heavy atom. The summed E-state index contributed by atoms with van der Waals surface area (Å²) in [5.74, 6) is 2.13. The zero-order chi connectivity index (χ0) is 15.3. The monoisotopic (exact) mass is 296 g/mol. The van der Waals surface area contributed by atoms with E-state index >= 15 is 0 Å². The second-order valence-electron chi connectivity index (χ2n) is 4.98. The van der Waals surface area contributed by atoms with Crippen molar-refractivity contribution in [2.24, 2.45) is 0 Å². The molecule has 120 valence electrons. The predicted molar refractivity (Wildman–Crippen MR) is 84.4 cm³/mol. The molecule has 1 rings (SSSR count). The number of methoxy groups -OCH3 is 2. The van der Waals surface area contributed by atoms with Gasteiger partial charge in [-0.15, -0.1) is 0 Å². The van der Waals surface area contributed by atoms with Crippen molar-refractivity contribution >= 4 is 0 Å². The largest absolute Gasteiger partial charge is 0.493 e. The van der Waals surface area contributed by atoms with Gasteiger partial charge in [-0.25, -0.2) is 0 Å². The average molecular weight is 296 g/mol. The lowest BCUT2D eigenvalue weighted by atomic mass is 10.1. The number of ether oxygens (including phenoxy) is 4. The smallest absolute Gasteiger partial charge is 0.188 e. The molecule has 0 N–H and O–H groups in total. The van der Waals surface area contributed by atoms with Crippen LogP contribution in [0.5, 0.6) is 17.2 Å². The predicted octanol–water partition coefficient (Wildman–Crippen LogP) is 4.42. The zero-order valence-electron chi connectivity index (χ0n) is 13.5. The number of benzene rings is 1. The van der Waals surface area contributed by atoms with Gasteiger partial charge in [0.2, 0.25) is 0 Å². The Kier molecular flexibility index (Phi) is 9.46. The molecule has 0 saturated carbocycles. The van der Waals surface area contributed by atoms with Crippen molar-refractivity contribution in [3.05, 3.63) is 18.2 Å². The molecule has 0 atom stereocenters. The van der Waals surface area contributed by atoms with E-state index in [4.69, 9.17) is 18.9 Å². The molecule has 0 fully saturated rings. The lowest BCUT2D eigenvalue weighted by Crippen LogP contribution is -2.02. The van der Waals surface area contributed by atoms with Crippen LogP contribution in [0.4, 0.5) is 0 Å². The van der Waals surface area contributed by atoms with E-state index < -0.39 is 0 Å². The van der Waals surface area contributed by atoms with Gasteiger partial charge in [0.1, 0.15) is 5.75 Å². The maximum atomic E-state index is 5.75. The fourth-order valence-corrected chi connectivity index (χ4v) is 2.05. The van der Waals surface area contributed by atoms with Crippen molar-refractivity contribution in [3.63, 3.8) is 0 Å². The number of unbranched alkanes of at least 4 members (excludes halogenated alkanes) is 5. The molecular weight excluding hydrogens is 268 g/mol. The minimum absolute atomic E-state index is 0.203. The van der Waals surface area contributed by atoms with Crippen LogP contribution in [0.15, 0.2) is 18.2 Å². The van der Waals surface area contributed by atoms with Gasteiger partial charge in [0.05, 0.1) is 13.7 Å². The SMILES string of the molecule is CCCCCCCCOc1ccc(OCOC)c(OC)c1. The van der Waals surface area contributed by atoms with E-state index in [1.165, 1.54) is 32.1 Å². The van der Waals surface area contributed by atoms with Gasteiger partial charge in [-0.1, -0.05) is 39.0 Å². The van der Waals surface area contributed by atoms with E-state index in [9.17, 15) is 0 Å². The van der Waals surface area contributed by atoms with Crippen molar-refractivity contribution in [1.29, 1.82) is 0 Å². The van der Waals surface area contributed by atoms with E-state index in [0.29, 0.717) is 11.5 Å². The summed E-state index contributed by atoms with van der Waals surface area (Å²) >= 11 is 0. The molecule has 0 aliphatic rings. The van der Waals surface area contributed by atoms with Crippen LogP contribution in [-0.4, -0.2) is 27.6 Å². The summed E-state index contributed by atoms with van der Waals surface area (Å²) in [5, 5.41) is 0. The molecule has 0 aliphatic carbocycles. The van der Waals surface area contributed by atoms with Gasteiger partial charge in [-0.3, -0.25) is 0 Å². The Hall–Kier alpha value is -1.42. The van der Waals surface area contributed by atoms with Crippen LogP contribution in [-0.2, 0) is 4.74 Å². The third kappa shape index (κ3) is 7.23. The van der Waals surface area contributed by atoms with Gasteiger partial charge in [0, 0.05) is 13.2 Å². The highest BCUT2D eigenvalue weighted by molar-refractivity contribution is 5.45. The minimum atomic E-state index is 0.203. The molecule has 4 heteroatoms. The van der Waals surface area contributed by atoms with Crippen molar-refractivity contribution in [3.8, 4) is 17.2 Å². The third-order valence-corrected chi connectivity index (χ3v) is 3.23. The van der Waals surface area contributed by atoms with Crippen LogP contribution in [0.3, 0.4) is 0 Å². The fraction of sp³-hybridized carbons (Fsp3) is 0.647. The molecule has 0 aromatic heterocycles. The quantitative estimate of drug-likeness (QED) is 0.423. The molecule has 4 nitrogen and oxygen atoms in total. The molecule has 0 radical (unpaired) electrons. The number of hydrogen-bond acceptors (Lipinski definition) is 4. The van der Waals surface area contributed by atoms with E-state index in [1.807, 2.05) is 18.2 Å². The Bertz CT molecular complexity index is 379. The van der Waals surface area contributed by atoms with E-state index in [0.717, 1.165) is 18.8 Å². The number of rotatable bonds is 12. The van der Waals surface area contributed by atoms with E-state index in [-0.39, 0.29) is 6.79 Å². The molecule has 0 heterocycles. The maximum Gasteiger partial charge on any atom is 0.188 e. The first-order chi connectivity index (χ1) is 10.3. The first kappa shape index (κ1) is 17.6. The summed E-state index contributed by atoms with van der Waals surface area (Å²) in [6, 6.07) is 5.58. The first-order valence-electron chi connectivity index (χ1n) is 7.74. The lowest BCUT2D eigenvalue weighted by molar-refractivity contribution is 0.0491. The van der Waals surface area contributed by atoms with Gasteiger partial charge >= 0.3 is 0 Å². The Morgan fingerprint density at radius 1 is 0.857 bits per heavy atom. The molecule has 0 aliphatic heterocycles. The van der Waals surface area contributed by atoms with Gasteiger partial charge in [0.15, 0.2) is 18.3 Å². The van der Waals surface area contributed by atoms with Gasteiger partial charge in [-0.05, 0) is 18.6 Å². The highest BCUT2D eigenvalue weighted by Crippen LogP contribution is 2.31. The summed E-state index contributed by atoms with van der Waals surface area (Å²) in [6.07, 6.45) is 7.56. The second kappa shape index (κ2) is 11.3. The third-order valence-electron chi connectivity index (χ3n) is 3.23. The van der Waals surface area contributed by atoms with Crippen LogP contribution in [0.25, 0.3) is 0 Å². The Morgan fingerprint density at radius 2 is 1.62 bits per heavy atom. The molecule has 1 aromatic rings. The summed E-state index contributed by atoms with van der Waals surface area (Å²) in [4.78, 5) is 0. The molecule has 21 heavy (non-hydrogen) atoms. The average Bonchev–Trinajstić information content (AvgIpc) is 2.52. The highest BCUT2D eigenvalue weighted by atomic mass is 16.7. The second-order valence-corrected chi connectivity index (χ2v) is 4.98. The van der Waals surface area contributed by atoms with Gasteiger partial charge < -0.3 is 18.9 Å². The van der Waals surface area contributed by atoms with Crippen molar-refractivity contribution < 1.29 is 18.9 Å². The summed E-state index contributed by atoms with van der Waals surface area (Å²) in [7, 11) is 3.21. The molecule has 0 bridgehead atoms. The molecule has 0 spiro atoms. The van der Waals surface area contributed by atoms with Gasteiger partial charge in [-0.2, -0.15) is 0 Å². The van der Waals surface area contributed by atoms with Gasteiger partial charge in [0.25, 0.3) is 0 Å². The van der Waals surface area contributed by atoms with Crippen LogP contribution < -0.4 is 14.2 Å². The standard InChI is InChI=1S/C17H28O4/c1-4-5-6-7-8-9-12-20-15-10-11-16(21-14-18-2)17(13-15)19-3/h10-11,13H,4-9,12,14H2,1-3H3. The fourth-order valence-electron chi connectivity index (χ4n) is 2.05. The lowest BCUT2D eigenvalue weighted by Gasteiger charge is -2.12. The Labute approximate surface area is 128 Å². The summed E-state index contributed by atoms with van der Waals surface area (Å²) < 4.78 is 21.3. The van der Waals surface area contributed by atoms with Crippen LogP contribution in [0.2, 0.25) is 0 Å². The van der Waals surface area contributed by atoms with Crippen LogP contribution >= 0.6 is 0 Å². The molecular formula is C17H28O4. The highest BCUT2D eigenvalue weighted by Gasteiger charge is 2.06. The number of hydrogen-bond donors (Lipinski definition) is 0. The summed E-state index contributed by atoms with van der Waals surface area (Å²) in [6.45, 7) is 3.18. The van der Waals surface area contributed by atoms with Crippen molar-refractivity contribution in [2.75, 3.05) is 27.6 Å². The topological polar surface area (TPSA) is 36.9 Å². The van der Waals surface area contributed by atoms with Crippen molar-refractivity contribution in [1.82, 2.24) is 0 Å². The minimum Gasteiger partial charge on any atom is -0.493 e. The van der Waals surface area contributed by atoms with E-state index in [2.05, 4.69) is 6.92 Å². The van der Waals surface area contributed by atoms with Crippen molar-refractivity contribution in [2.45, 2.75) is 45.4 Å². The zero-order valence-corrected chi connectivity index (χ0v) is 13.5. The maximum absolute atomic E-state index is 5.75.